The Morgan fingerprint density at radius 3 is 2.67 bits per heavy atom. The van der Waals surface area contributed by atoms with Gasteiger partial charge in [-0.3, -0.25) is 0 Å². The maximum absolute atomic E-state index is 5.86. The molecule has 1 heterocycles. The van der Waals surface area contributed by atoms with Gasteiger partial charge in [-0.1, -0.05) is 13.8 Å². The van der Waals surface area contributed by atoms with Crippen LogP contribution in [-0.2, 0) is 0 Å². The second kappa shape index (κ2) is 2.27. The van der Waals surface area contributed by atoms with Gasteiger partial charge in [-0.15, -0.1) is 0 Å². The second-order valence-electron chi connectivity index (χ2n) is 3.24. The molecule has 1 aliphatic rings. The molecule has 1 saturated heterocycles. The van der Waals surface area contributed by atoms with Gasteiger partial charge in [0.2, 0.25) is 0 Å². The van der Waals surface area contributed by atoms with Gasteiger partial charge in [0.25, 0.3) is 0 Å². The van der Waals surface area contributed by atoms with Crippen molar-refractivity contribution in [3.8, 4) is 0 Å². The quantitative estimate of drug-likeness (QED) is 0.534. The Bertz CT molecular complexity index is 103. The van der Waals surface area contributed by atoms with E-state index >= 15 is 0 Å². The van der Waals surface area contributed by atoms with Crippen LogP contribution in [0.25, 0.3) is 0 Å². The van der Waals surface area contributed by atoms with Gasteiger partial charge in [-0.2, -0.15) is 0 Å². The van der Waals surface area contributed by atoms with E-state index in [-0.39, 0.29) is 0 Å². The number of hydrogen-bond donors (Lipinski definition) is 2. The largest absolute Gasteiger partial charge is 0.326 e. The molecule has 0 saturated carbocycles. The summed E-state index contributed by atoms with van der Waals surface area (Å²) >= 11 is 0. The van der Waals surface area contributed by atoms with Crippen molar-refractivity contribution in [3.63, 3.8) is 0 Å². The predicted octanol–water partition coefficient (Wildman–Crippen LogP) is 0.333. The van der Waals surface area contributed by atoms with Crippen molar-refractivity contribution >= 4 is 0 Å². The Hall–Kier alpha value is -0.0800. The van der Waals surface area contributed by atoms with Crippen molar-refractivity contribution in [3.05, 3.63) is 0 Å². The van der Waals surface area contributed by atoms with E-state index in [1.807, 2.05) is 0 Å². The number of nitrogens with one attached hydrogen (secondary N) is 1. The molecule has 0 radical (unpaired) electrons. The highest BCUT2D eigenvalue weighted by atomic mass is 15.0. The van der Waals surface area contributed by atoms with Crippen LogP contribution in [0.5, 0.6) is 0 Å². The van der Waals surface area contributed by atoms with Gasteiger partial charge in [0.15, 0.2) is 0 Å². The monoisotopic (exact) mass is 128 g/mol. The van der Waals surface area contributed by atoms with Crippen LogP contribution in [0, 0.1) is 5.41 Å². The van der Waals surface area contributed by atoms with E-state index in [1.165, 1.54) is 6.42 Å². The molecule has 0 aliphatic carbocycles. The molecule has 3 N–H and O–H groups in total. The molecule has 2 heteroatoms. The van der Waals surface area contributed by atoms with Crippen LogP contribution in [0.4, 0.5) is 0 Å². The summed E-state index contributed by atoms with van der Waals surface area (Å²) in [5, 5.41) is 3.29. The Labute approximate surface area is 56.8 Å². The highest BCUT2D eigenvalue weighted by molar-refractivity contribution is 4.93. The van der Waals surface area contributed by atoms with E-state index < -0.39 is 0 Å². The standard InChI is InChI=1S/C7H16N2/c1-3-7(2)5-9-4-6(7)8/h6,9H,3-5,8H2,1-2H3. The zero-order valence-electron chi connectivity index (χ0n) is 6.28. The molecular formula is C7H16N2. The molecule has 2 unspecified atom stereocenters. The SMILES string of the molecule is CCC1(C)CNCC1N. The van der Waals surface area contributed by atoms with Gasteiger partial charge in [-0.05, 0) is 11.8 Å². The topological polar surface area (TPSA) is 38.0 Å². The molecule has 0 amide bonds. The van der Waals surface area contributed by atoms with Crippen molar-refractivity contribution in [2.45, 2.75) is 26.3 Å². The molecule has 2 nitrogen and oxygen atoms in total. The van der Waals surface area contributed by atoms with Gasteiger partial charge < -0.3 is 11.1 Å². The van der Waals surface area contributed by atoms with Crippen LogP contribution >= 0.6 is 0 Å². The summed E-state index contributed by atoms with van der Waals surface area (Å²) in [6, 6.07) is 0.363. The second-order valence-corrected chi connectivity index (χ2v) is 3.24. The molecule has 0 spiro atoms. The summed E-state index contributed by atoms with van der Waals surface area (Å²) in [4.78, 5) is 0. The Morgan fingerprint density at radius 1 is 1.78 bits per heavy atom. The predicted molar refractivity (Wildman–Crippen MR) is 39.2 cm³/mol. The molecular weight excluding hydrogens is 112 g/mol. The fourth-order valence-electron chi connectivity index (χ4n) is 1.28. The summed E-state index contributed by atoms with van der Waals surface area (Å²) in [6.45, 7) is 6.53. The maximum Gasteiger partial charge on any atom is 0.0232 e. The highest BCUT2D eigenvalue weighted by Gasteiger charge is 2.33. The zero-order chi connectivity index (χ0) is 6.91. The minimum absolute atomic E-state index is 0.361. The summed E-state index contributed by atoms with van der Waals surface area (Å²) in [6.07, 6.45) is 1.18. The number of rotatable bonds is 1. The third-order valence-corrected chi connectivity index (χ3v) is 2.60. The number of hydrogen-bond acceptors (Lipinski definition) is 2. The van der Waals surface area contributed by atoms with Crippen LogP contribution < -0.4 is 11.1 Å². The fourth-order valence-corrected chi connectivity index (χ4v) is 1.28. The first-order chi connectivity index (χ1) is 4.19. The minimum Gasteiger partial charge on any atom is -0.326 e. The van der Waals surface area contributed by atoms with E-state index in [2.05, 4.69) is 19.2 Å². The van der Waals surface area contributed by atoms with E-state index in [0.29, 0.717) is 11.5 Å². The van der Waals surface area contributed by atoms with E-state index in [1.54, 1.807) is 0 Å². The lowest BCUT2D eigenvalue weighted by Crippen LogP contribution is -2.37. The summed E-state index contributed by atoms with van der Waals surface area (Å²) < 4.78 is 0. The molecule has 0 aromatic rings. The van der Waals surface area contributed by atoms with Gasteiger partial charge in [0.1, 0.15) is 0 Å². The number of nitrogens with two attached hydrogens (primary N) is 1. The Kier molecular flexibility index (Phi) is 1.78. The average molecular weight is 128 g/mol. The molecule has 0 aromatic heterocycles. The van der Waals surface area contributed by atoms with Gasteiger partial charge in [-0.25, -0.2) is 0 Å². The lowest BCUT2D eigenvalue weighted by atomic mass is 9.83. The van der Waals surface area contributed by atoms with Crippen molar-refractivity contribution in [1.82, 2.24) is 5.32 Å². The fraction of sp³-hybridized carbons (Fsp3) is 1.00. The van der Waals surface area contributed by atoms with Crippen LogP contribution in [0.15, 0.2) is 0 Å². The zero-order valence-corrected chi connectivity index (χ0v) is 6.28. The first-order valence-corrected chi connectivity index (χ1v) is 3.65. The maximum atomic E-state index is 5.86. The van der Waals surface area contributed by atoms with Crippen molar-refractivity contribution in [1.29, 1.82) is 0 Å². The van der Waals surface area contributed by atoms with Crippen LogP contribution in [0.2, 0.25) is 0 Å². The first kappa shape index (κ1) is 7.03. The minimum atomic E-state index is 0.361. The summed E-state index contributed by atoms with van der Waals surface area (Å²) in [5.41, 5.74) is 6.22. The molecule has 1 aliphatic heterocycles. The van der Waals surface area contributed by atoms with Crippen LogP contribution in [0.3, 0.4) is 0 Å². The highest BCUT2D eigenvalue weighted by Crippen LogP contribution is 2.26. The molecule has 9 heavy (non-hydrogen) atoms. The summed E-state index contributed by atoms with van der Waals surface area (Å²) in [5.74, 6) is 0. The van der Waals surface area contributed by atoms with E-state index in [4.69, 9.17) is 5.73 Å². The third-order valence-electron chi connectivity index (χ3n) is 2.60. The molecule has 1 fully saturated rings. The van der Waals surface area contributed by atoms with Crippen molar-refractivity contribution < 1.29 is 0 Å². The third kappa shape index (κ3) is 1.10. The lowest BCUT2D eigenvalue weighted by molar-refractivity contribution is 0.309. The summed E-state index contributed by atoms with van der Waals surface area (Å²) in [7, 11) is 0. The molecule has 0 bridgehead atoms. The Balaban J connectivity index is 2.56. The smallest absolute Gasteiger partial charge is 0.0232 e. The van der Waals surface area contributed by atoms with Crippen molar-refractivity contribution in [2.24, 2.45) is 11.1 Å². The Morgan fingerprint density at radius 2 is 2.44 bits per heavy atom. The van der Waals surface area contributed by atoms with Crippen molar-refractivity contribution in [2.75, 3.05) is 13.1 Å². The van der Waals surface area contributed by atoms with Gasteiger partial charge in [0.05, 0.1) is 0 Å². The normalized spacial score (nSPS) is 43.7. The van der Waals surface area contributed by atoms with E-state index in [9.17, 15) is 0 Å². The molecule has 0 aromatic carbocycles. The molecule has 1 rings (SSSR count). The lowest BCUT2D eigenvalue weighted by Gasteiger charge is -2.25. The van der Waals surface area contributed by atoms with Crippen LogP contribution in [-0.4, -0.2) is 19.1 Å². The average Bonchev–Trinajstić information content (AvgIpc) is 2.15. The molecule has 2 atom stereocenters. The van der Waals surface area contributed by atoms with Crippen LogP contribution in [0.1, 0.15) is 20.3 Å². The van der Waals surface area contributed by atoms with Gasteiger partial charge >= 0.3 is 0 Å². The van der Waals surface area contributed by atoms with Gasteiger partial charge in [0, 0.05) is 19.1 Å². The molecule has 54 valence electrons. The first-order valence-electron chi connectivity index (χ1n) is 3.65. The van der Waals surface area contributed by atoms with E-state index in [0.717, 1.165) is 13.1 Å².